The van der Waals surface area contributed by atoms with E-state index in [0.29, 0.717) is 17.8 Å². The van der Waals surface area contributed by atoms with Gasteiger partial charge in [0.1, 0.15) is 11.6 Å². The lowest BCUT2D eigenvalue weighted by molar-refractivity contribution is -0.126. The standard InChI is InChI=1S/C20H19FN4O3/c1-28-16-8-3-2-5-12(16)10-22-20(27)13-9-17(26)25(11-13)19-18-14(21)6-4-7-15(18)23-24-19/h2-8,13H,9-11H2,1H3,(H,22,27)(H,23,24)/t13-/m1/s1. The number of amides is 2. The predicted molar refractivity (Wildman–Crippen MR) is 101 cm³/mol. The van der Waals surface area contributed by atoms with E-state index in [1.807, 2.05) is 24.3 Å². The van der Waals surface area contributed by atoms with Crippen LogP contribution in [0.2, 0.25) is 0 Å². The minimum Gasteiger partial charge on any atom is -0.496 e. The molecule has 2 N–H and O–H groups in total. The molecule has 2 heterocycles. The fraction of sp³-hybridized carbons (Fsp3) is 0.250. The number of rotatable bonds is 5. The highest BCUT2D eigenvalue weighted by Gasteiger charge is 2.37. The van der Waals surface area contributed by atoms with E-state index in [1.54, 1.807) is 19.2 Å². The first-order chi connectivity index (χ1) is 13.6. The van der Waals surface area contributed by atoms with Crippen molar-refractivity contribution in [2.45, 2.75) is 13.0 Å². The first-order valence-corrected chi connectivity index (χ1v) is 8.91. The Morgan fingerprint density at radius 2 is 2.14 bits per heavy atom. The van der Waals surface area contributed by atoms with Gasteiger partial charge >= 0.3 is 0 Å². The molecule has 28 heavy (non-hydrogen) atoms. The van der Waals surface area contributed by atoms with Crippen molar-refractivity contribution in [1.82, 2.24) is 15.5 Å². The number of halogens is 1. The normalized spacial score (nSPS) is 16.6. The van der Waals surface area contributed by atoms with Gasteiger partial charge in [0.2, 0.25) is 11.8 Å². The van der Waals surface area contributed by atoms with Gasteiger partial charge in [0.15, 0.2) is 5.82 Å². The molecule has 1 saturated heterocycles. The molecule has 2 aromatic carbocycles. The summed E-state index contributed by atoms with van der Waals surface area (Å²) in [6, 6.07) is 12.0. The summed E-state index contributed by atoms with van der Waals surface area (Å²) in [6.07, 6.45) is 0.0561. The van der Waals surface area contributed by atoms with E-state index in [9.17, 15) is 14.0 Å². The molecule has 1 aliphatic heterocycles. The topological polar surface area (TPSA) is 87.3 Å². The molecule has 1 aromatic heterocycles. The van der Waals surface area contributed by atoms with E-state index >= 15 is 0 Å². The second kappa shape index (κ2) is 7.30. The number of methoxy groups -OCH3 is 1. The molecule has 0 bridgehead atoms. The fourth-order valence-corrected chi connectivity index (χ4v) is 3.47. The number of aromatic nitrogens is 2. The molecule has 144 valence electrons. The number of nitrogens with one attached hydrogen (secondary N) is 2. The largest absolute Gasteiger partial charge is 0.496 e. The van der Waals surface area contributed by atoms with Crippen LogP contribution in [0, 0.1) is 11.7 Å². The van der Waals surface area contributed by atoms with Gasteiger partial charge in [-0.2, -0.15) is 5.10 Å². The lowest BCUT2D eigenvalue weighted by Crippen LogP contribution is -2.32. The number of nitrogens with zero attached hydrogens (tertiary/aromatic N) is 2. The summed E-state index contributed by atoms with van der Waals surface area (Å²) in [4.78, 5) is 26.4. The van der Waals surface area contributed by atoms with Gasteiger partial charge in [-0.1, -0.05) is 24.3 Å². The Labute approximate surface area is 160 Å². The Balaban J connectivity index is 1.47. The van der Waals surface area contributed by atoms with Crippen molar-refractivity contribution in [3.05, 3.63) is 53.8 Å². The number of anilines is 1. The van der Waals surface area contributed by atoms with E-state index < -0.39 is 11.7 Å². The summed E-state index contributed by atoms with van der Waals surface area (Å²) >= 11 is 0. The number of hydrogen-bond donors (Lipinski definition) is 2. The number of H-pyrrole nitrogens is 1. The first-order valence-electron chi connectivity index (χ1n) is 8.91. The maximum Gasteiger partial charge on any atom is 0.229 e. The fourth-order valence-electron chi connectivity index (χ4n) is 3.47. The molecule has 0 unspecified atom stereocenters. The highest BCUT2D eigenvalue weighted by Crippen LogP contribution is 2.31. The van der Waals surface area contributed by atoms with Gasteiger partial charge in [0, 0.05) is 25.1 Å². The predicted octanol–water partition coefficient (Wildman–Crippen LogP) is 2.38. The van der Waals surface area contributed by atoms with Crippen molar-refractivity contribution in [3.8, 4) is 5.75 Å². The number of hydrogen-bond acceptors (Lipinski definition) is 4. The summed E-state index contributed by atoms with van der Waals surface area (Å²) < 4.78 is 19.5. The van der Waals surface area contributed by atoms with Crippen LogP contribution in [0.4, 0.5) is 10.2 Å². The van der Waals surface area contributed by atoms with Gasteiger partial charge < -0.3 is 10.1 Å². The summed E-state index contributed by atoms with van der Waals surface area (Å²) in [5.74, 6) is -0.571. The molecule has 0 aliphatic carbocycles. The van der Waals surface area contributed by atoms with Crippen molar-refractivity contribution < 1.29 is 18.7 Å². The third-order valence-corrected chi connectivity index (χ3v) is 4.92. The quantitative estimate of drug-likeness (QED) is 0.709. The molecule has 0 radical (unpaired) electrons. The van der Waals surface area contributed by atoms with Gasteiger partial charge in [0.05, 0.1) is 23.9 Å². The monoisotopic (exact) mass is 382 g/mol. The molecule has 1 atom stereocenters. The molecule has 0 spiro atoms. The number of carbonyl (C=O) groups excluding carboxylic acids is 2. The van der Waals surface area contributed by atoms with Crippen molar-refractivity contribution in [2.75, 3.05) is 18.6 Å². The summed E-state index contributed by atoms with van der Waals surface area (Å²) in [7, 11) is 1.57. The second-order valence-corrected chi connectivity index (χ2v) is 6.64. The third-order valence-electron chi connectivity index (χ3n) is 4.92. The zero-order valence-electron chi connectivity index (χ0n) is 15.2. The lowest BCUT2D eigenvalue weighted by Gasteiger charge is -2.15. The van der Waals surface area contributed by atoms with Crippen LogP contribution in [-0.2, 0) is 16.1 Å². The van der Waals surface area contributed by atoms with Crippen LogP contribution >= 0.6 is 0 Å². The number of fused-ring (bicyclic) bond motifs is 1. The number of aromatic amines is 1. The molecule has 1 aliphatic rings. The van der Waals surface area contributed by atoms with E-state index in [2.05, 4.69) is 15.5 Å². The van der Waals surface area contributed by atoms with Crippen LogP contribution in [0.5, 0.6) is 5.75 Å². The molecule has 3 aromatic rings. The first kappa shape index (κ1) is 18.0. The van der Waals surface area contributed by atoms with E-state index in [0.717, 1.165) is 5.56 Å². The molecule has 4 rings (SSSR count). The number of benzene rings is 2. The van der Waals surface area contributed by atoms with Crippen LogP contribution in [0.1, 0.15) is 12.0 Å². The molecule has 0 saturated carbocycles. The number of para-hydroxylation sites is 1. The van der Waals surface area contributed by atoms with Crippen molar-refractivity contribution >= 4 is 28.5 Å². The zero-order chi connectivity index (χ0) is 19.7. The maximum absolute atomic E-state index is 14.2. The number of carbonyl (C=O) groups is 2. The lowest BCUT2D eigenvalue weighted by atomic mass is 10.1. The van der Waals surface area contributed by atoms with Crippen molar-refractivity contribution in [2.24, 2.45) is 5.92 Å². The Morgan fingerprint density at radius 3 is 2.96 bits per heavy atom. The van der Waals surface area contributed by atoms with Crippen molar-refractivity contribution in [3.63, 3.8) is 0 Å². The number of ether oxygens (including phenoxy) is 1. The van der Waals surface area contributed by atoms with Gasteiger partial charge in [-0.3, -0.25) is 19.6 Å². The van der Waals surface area contributed by atoms with Gasteiger partial charge in [-0.05, 0) is 18.2 Å². The van der Waals surface area contributed by atoms with Crippen LogP contribution < -0.4 is 15.0 Å². The summed E-state index contributed by atoms with van der Waals surface area (Å²) in [5, 5.41) is 9.93. The SMILES string of the molecule is COc1ccccc1CNC(=O)[C@@H]1CC(=O)N(c2n[nH]c3cccc(F)c23)C1. The Morgan fingerprint density at radius 1 is 1.32 bits per heavy atom. The minimum absolute atomic E-state index is 0.0561. The Hall–Kier alpha value is -3.42. The van der Waals surface area contributed by atoms with Gasteiger partial charge in [0.25, 0.3) is 0 Å². The third kappa shape index (κ3) is 3.17. The van der Waals surface area contributed by atoms with Crippen LogP contribution in [-0.4, -0.2) is 35.7 Å². The summed E-state index contributed by atoms with van der Waals surface area (Å²) in [5.41, 5.74) is 1.35. The molecule has 2 amide bonds. The molecular weight excluding hydrogens is 363 g/mol. The maximum atomic E-state index is 14.2. The molecule has 8 heteroatoms. The zero-order valence-corrected chi connectivity index (χ0v) is 15.2. The van der Waals surface area contributed by atoms with Crippen molar-refractivity contribution in [1.29, 1.82) is 0 Å². The smallest absolute Gasteiger partial charge is 0.229 e. The van der Waals surface area contributed by atoms with Crippen LogP contribution in [0.3, 0.4) is 0 Å². The minimum atomic E-state index is -0.527. The molecule has 1 fully saturated rings. The van der Waals surface area contributed by atoms with E-state index in [4.69, 9.17) is 4.74 Å². The summed E-state index contributed by atoms with van der Waals surface area (Å²) in [6.45, 7) is 0.457. The highest BCUT2D eigenvalue weighted by atomic mass is 19.1. The Kier molecular flexibility index (Phi) is 4.68. The van der Waals surface area contributed by atoms with E-state index in [1.165, 1.54) is 11.0 Å². The average molecular weight is 382 g/mol. The Bertz CT molecular complexity index is 1050. The average Bonchev–Trinajstić information content (AvgIpc) is 3.30. The highest BCUT2D eigenvalue weighted by molar-refractivity contribution is 6.05. The van der Waals surface area contributed by atoms with Crippen LogP contribution in [0.15, 0.2) is 42.5 Å². The van der Waals surface area contributed by atoms with Crippen LogP contribution in [0.25, 0.3) is 10.9 Å². The van der Waals surface area contributed by atoms with Gasteiger partial charge in [-0.15, -0.1) is 0 Å². The second-order valence-electron chi connectivity index (χ2n) is 6.64. The van der Waals surface area contributed by atoms with E-state index in [-0.39, 0.29) is 36.0 Å². The molecule has 7 nitrogen and oxygen atoms in total. The molecular formula is C20H19FN4O3. The van der Waals surface area contributed by atoms with Gasteiger partial charge in [-0.25, -0.2) is 4.39 Å².